The van der Waals surface area contributed by atoms with Crippen molar-refractivity contribution in [3.05, 3.63) is 12.3 Å². The Kier molecular flexibility index (Phi) is 3.25. The standard InChI is InChI=1S/C7H14N4O2S/c1-6(8)5-11(2)14(12,13)7-3-4-9-10-7/h3-4,6H,5,8H2,1-2H3,(H,9,10). The lowest BCUT2D eigenvalue weighted by Crippen LogP contribution is -2.37. The molecule has 0 aliphatic carbocycles. The van der Waals surface area contributed by atoms with Crippen molar-refractivity contribution < 1.29 is 8.42 Å². The maximum Gasteiger partial charge on any atom is 0.259 e. The monoisotopic (exact) mass is 218 g/mol. The zero-order chi connectivity index (χ0) is 10.8. The molecule has 14 heavy (non-hydrogen) atoms. The minimum Gasteiger partial charge on any atom is -0.327 e. The van der Waals surface area contributed by atoms with Crippen molar-refractivity contribution >= 4 is 10.0 Å². The third-order valence-corrected chi connectivity index (χ3v) is 3.46. The van der Waals surface area contributed by atoms with Crippen LogP contribution in [0.5, 0.6) is 0 Å². The lowest BCUT2D eigenvalue weighted by atomic mass is 10.4. The van der Waals surface area contributed by atoms with Crippen molar-refractivity contribution in [2.75, 3.05) is 13.6 Å². The number of nitrogens with one attached hydrogen (secondary N) is 1. The van der Waals surface area contributed by atoms with Crippen LogP contribution in [0.25, 0.3) is 0 Å². The maximum atomic E-state index is 11.7. The van der Waals surface area contributed by atoms with Crippen molar-refractivity contribution in [2.45, 2.75) is 18.0 Å². The molecule has 1 rings (SSSR count). The molecule has 0 saturated carbocycles. The summed E-state index contributed by atoms with van der Waals surface area (Å²) >= 11 is 0. The van der Waals surface area contributed by atoms with Gasteiger partial charge in [-0.1, -0.05) is 0 Å². The Morgan fingerprint density at radius 3 is 2.79 bits per heavy atom. The molecule has 3 N–H and O–H groups in total. The molecule has 0 aromatic carbocycles. The van der Waals surface area contributed by atoms with E-state index in [1.165, 1.54) is 23.6 Å². The number of likely N-dealkylation sites (N-methyl/N-ethyl adjacent to an activating group) is 1. The fourth-order valence-corrected chi connectivity index (χ4v) is 2.23. The molecule has 80 valence electrons. The highest BCUT2D eigenvalue weighted by Gasteiger charge is 2.22. The van der Waals surface area contributed by atoms with E-state index in [-0.39, 0.29) is 17.6 Å². The average molecular weight is 218 g/mol. The van der Waals surface area contributed by atoms with E-state index in [2.05, 4.69) is 10.2 Å². The van der Waals surface area contributed by atoms with E-state index >= 15 is 0 Å². The summed E-state index contributed by atoms with van der Waals surface area (Å²) in [7, 11) is -1.97. The second-order valence-corrected chi connectivity index (χ2v) is 5.20. The molecule has 0 aliphatic rings. The number of hydrogen-bond acceptors (Lipinski definition) is 4. The van der Waals surface area contributed by atoms with Gasteiger partial charge in [-0.3, -0.25) is 5.10 Å². The fraction of sp³-hybridized carbons (Fsp3) is 0.571. The maximum absolute atomic E-state index is 11.7. The first-order chi connectivity index (χ1) is 6.44. The molecule has 1 atom stereocenters. The van der Waals surface area contributed by atoms with Gasteiger partial charge < -0.3 is 5.73 Å². The first-order valence-corrected chi connectivity index (χ1v) is 5.60. The van der Waals surface area contributed by atoms with Crippen LogP contribution in [-0.4, -0.2) is 42.6 Å². The number of rotatable bonds is 4. The van der Waals surface area contributed by atoms with E-state index in [1.54, 1.807) is 6.92 Å². The summed E-state index contributed by atoms with van der Waals surface area (Å²) in [5.74, 6) is 0. The SMILES string of the molecule is CC(N)CN(C)S(=O)(=O)c1ccn[nH]1. The minimum absolute atomic E-state index is 0.0839. The number of nitrogens with zero attached hydrogens (tertiary/aromatic N) is 2. The largest absolute Gasteiger partial charge is 0.327 e. The molecule has 1 aromatic heterocycles. The fourth-order valence-electron chi connectivity index (χ4n) is 1.06. The topological polar surface area (TPSA) is 92.1 Å². The third-order valence-electron chi connectivity index (χ3n) is 1.71. The molecule has 7 heteroatoms. The van der Waals surface area contributed by atoms with E-state index in [0.717, 1.165) is 0 Å². The normalized spacial score (nSPS) is 14.6. The molecule has 0 radical (unpaired) electrons. The zero-order valence-electron chi connectivity index (χ0n) is 8.14. The summed E-state index contributed by atoms with van der Waals surface area (Å²) < 4.78 is 24.7. The summed E-state index contributed by atoms with van der Waals surface area (Å²) in [6.07, 6.45) is 1.40. The van der Waals surface area contributed by atoms with Gasteiger partial charge in [0.15, 0.2) is 5.03 Å². The van der Waals surface area contributed by atoms with Crippen molar-refractivity contribution in [2.24, 2.45) is 5.73 Å². The van der Waals surface area contributed by atoms with Gasteiger partial charge in [0.1, 0.15) is 0 Å². The van der Waals surface area contributed by atoms with Gasteiger partial charge in [-0.25, -0.2) is 8.42 Å². The van der Waals surface area contributed by atoms with E-state index < -0.39 is 10.0 Å². The first-order valence-electron chi connectivity index (χ1n) is 4.16. The molecule has 0 bridgehead atoms. The van der Waals surface area contributed by atoms with Crippen molar-refractivity contribution in [1.82, 2.24) is 14.5 Å². The molecule has 1 aromatic rings. The quantitative estimate of drug-likeness (QED) is 0.704. The molecule has 0 fully saturated rings. The smallest absolute Gasteiger partial charge is 0.259 e. The van der Waals surface area contributed by atoms with Crippen LogP contribution in [0, 0.1) is 0 Å². The first kappa shape index (κ1) is 11.2. The number of hydrogen-bond donors (Lipinski definition) is 2. The van der Waals surface area contributed by atoms with Gasteiger partial charge in [0, 0.05) is 19.6 Å². The average Bonchev–Trinajstić information content (AvgIpc) is 2.54. The number of H-pyrrole nitrogens is 1. The van der Waals surface area contributed by atoms with Crippen LogP contribution in [0.15, 0.2) is 17.3 Å². The number of sulfonamides is 1. The number of aromatic nitrogens is 2. The van der Waals surface area contributed by atoms with E-state index in [9.17, 15) is 8.42 Å². The molecule has 1 unspecified atom stereocenters. The van der Waals surface area contributed by atoms with Crippen LogP contribution in [0.3, 0.4) is 0 Å². The predicted molar refractivity (Wildman–Crippen MR) is 52.1 cm³/mol. The lowest BCUT2D eigenvalue weighted by molar-refractivity contribution is 0.443. The third kappa shape index (κ3) is 2.31. The molecule has 0 amide bonds. The molecular formula is C7H14N4O2S. The molecule has 0 aliphatic heterocycles. The molecule has 0 saturated heterocycles. The van der Waals surface area contributed by atoms with Crippen LogP contribution >= 0.6 is 0 Å². The Morgan fingerprint density at radius 1 is 1.71 bits per heavy atom. The predicted octanol–water partition coefficient (Wildman–Crippen LogP) is -0.623. The van der Waals surface area contributed by atoms with Gasteiger partial charge in [-0.15, -0.1) is 0 Å². The van der Waals surface area contributed by atoms with Gasteiger partial charge in [-0.05, 0) is 13.0 Å². The van der Waals surface area contributed by atoms with Gasteiger partial charge in [0.05, 0.1) is 6.20 Å². The van der Waals surface area contributed by atoms with Crippen molar-refractivity contribution in [1.29, 1.82) is 0 Å². The Morgan fingerprint density at radius 2 is 2.36 bits per heavy atom. The van der Waals surface area contributed by atoms with Gasteiger partial charge in [0.25, 0.3) is 10.0 Å². The van der Waals surface area contributed by atoms with Gasteiger partial charge >= 0.3 is 0 Å². The summed E-state index contributed by atoms with van der Waals surface area (Å²) in [5.41, 5.74) is 5.51. The van der Waals surface area contributed by atoms with Crippen LogP contribution in [0.1, 0.15) is 6.92 Å². The minimum atomic E-state index is -3.46. The van der Waals surface area contributed by atoms with Crippen molar-refractivity contribution in [3.8, 4) is 0 Å². The number of aromatic amines is 1. The summed E-state index contributed by atoms with van der Waals surface area (Å²) in [6.45, 7) is 2.03. The molecule has 1 heterocycles. The second-order valence-electron chi connectivity index (χ2n) is 3.18. The van der Waals surface area contributed by atoms with E-state index in [0.29, 0.717) is 0 Å². The molecular weight excluding hydrogens is 204 g/mol. The van der Waals surface area contributed by atoms with Crippen LogP contribution in [0.4, 0.5) is 0 Å². The van der Waals surface area contributed by atoms with Crippen LogP contribution < -0.4 is 5.73 Å². The lowest BCUT2D eigenvalue weighted by Gasteiger charge is -2.17. The van der Waals surface area contributed by atoms with Gasteiger partial charge in [-0.2, -0.15) is 9.40 Å². The highest BCUT2D eigenvalue weighted by atomic mass is 32.2. The van der Waals surface area contributed by atoms with Gasteiger partial charge in [0.2, 0.25) is 0 Å². The Labute approximate surface area is 83.1 Å². The van der Waals surface area contributed by atoms with Crippen molar-refractivity contribution in [3.63, 3.8) is 0 Å². The summed E-state index contributed by atoms with van der Waals surface area (Å²) in [6, 6.07) is 1.21. The molecule has 0 spiro atoms. The summed E-state index contributed by atoms with van der Waals surface area (Å²) in [5, 5.41) is 6.08. The zero-order valence-corrected chi connectivity index (χ0v) is 8.95. The Bertz CT molecular complexity index is 370. The second kappa shape index (κ2) is 4.07. The van der Waals surface area contributed by atoms with Crippen LogP contribution in [-0.2, 0) is 10.0 Å². The highest BCUT2D eigenvalue weighted by Crippen LogP contribution is 2.09. The summed E-state index contributed by atoms with van der Waals surface area (Å²) in [4.78, 5) is 0. The van der Waals surface area contributed by atoms with E-state index in [1.807, 2.05) is 0 Å². The van der Waals surface area contributed by atoms with E-state index in [4.69, 9.17) is 5.73 Å². The number of nitrogens with two attached hydrogens (primary N) is 1. The Balaban J connectivity index is 2.86. The molecule has 6 nitrogen and oxygen atoms in total. The highest BCUT2D eigenvalue weighted by molar-refractivity contribution is 7.89. The van der Waals surface area contributed by atoms with Crippen LogP contribution in [0.2, 0.25) is 0 Å². The Hall–Kier alpha value is -0.920.